The van der Waals surface area contributed by atoms with Crippen LogP contribution < -0.4 is 4.72 Å². The topological polar surface area (TPSA) is 59.1 Å². The maximum atomic E-state index is 12.5. The van der Waals surface area contributed by atoms with E-state index in [1.54, 1.807) is 0 Å². The molecular weight excluding hydrogens is 243 g/mol. The predicted octanol–water partition coefficient (Wildman–Crippen LogP) is 1.59. The van der Waals surface area contributed by atoms with E-state index < -0.39 is 15.8 Å². The Kier molecular flexibility index (Phi) is 4.28. The molecule has 0 saturated carbocycles. The zero-order valence-electron chi connectivity index (χ0n) is 7.78. The number of hydrogen-bond acceptors (Lipinski definition) is 3. The fraction of sp³-hybridized carbons (Fsp3) is 0.375. The van der Waals surface area contributed by atoms with Crippen LogP contribution in [0.3, 0.4) is 0 Å². The van der Waals surface area contributed by atoms with Crippen molar-refractivity contribution in [2.45, 2.75) is 6.42 Å². The number of rotatable bonds is 5. The van der Waals surface area contributed by atoms with E-state index in [0.29, 0.717) is 6.42 Å². The van der Waals surface area contributed by atoms with Crippen LogP contribution in [0, 0.1) is 5.82 Å². The quantitative estimate of drug-likeness (QED) is 0.810. The van der Waals surface area contributed by atoms with Gasteiger partial charge in [-0.05, 0) is 18.6 Å². The van der Waals surface area contributed by atoms with Crippen molar-refractivity contribution in [2.75, 3.05) is 16.4 Å². The van der Waals surface area contributed by atoms with E-state index in [2.05, 4.69) is 9.71 Å². The SMILES string of the molecule is O=S(=O)(CCCCl)Nc1ccc(F)cn1. The van der Waals surface area contributed by atoms with Crippen LogP contribution in [0.4, 0.5) is 10.2 Å². The van der Waals surface area contributed by atoms with Crippen LogP contribution in [0.5, 0.6) is 0 Å². The van der Waals surface area contributed by atoms with E-state index in [0.717, 1.165) is 12.3 Å². The molecule has 7 heteroatoms. The van der Waals surface area contributed by atoms with Crippen molar-refractivity contribution in [3.05, 3.63) is 24.1 Å². The van der Waals surface area contributed by atoms with Crippen molar-refractivity contribution in [1.29, 1.82) is 0 Å². The van der Waals surface area contributed by atoms with Crippen LogP contribution in [0.25, 0.3) is 0 Å². The summed E-state index contributed by atoms with van der Waals surface area (Å²) in [4.78, 5) is 3.57. The lowest BCUT2D eigenvalue weighted by molar-refractivity contribution is 0.599. The highest BCUT2D eigenvalue weighted by Crippen LogP contribution is 2.06. The van der Waals surface area contributed by atoms with Crippen molar-refractivity contribution in [3.8, 4) is 0 Å². The van der Waals surface area contributed by atoms with Crippen LogP contribution in [-0.2, 0) is 10.0 Å². The van der Waals surface area contributed by atoms with Gasteiger partial charge in [0.05, 0.1) is 11.9 Å². The number of sulfonamides is 1. The van der Waals surface area contributed by atoms with E-state index in [4.69, 9.17) is 11.6 Å². The van der Waals surface area contributed by atoms with Gasteiger partial charge in [-0.1, -0.05) is 0 Å². The Hall–Kier alpha value is -0.880. The minimum Gasteiger partial charge on any atom is -0.267 e. The van der Waals surface area contributed by atoms with Gasteiger partial charge in [0, 0.05) is 5.88 Å². The summed E-state index contributed by atoms with van der Waals surface area (Å²) in [6.45, 7) is 0. The molecule has 15 heavy (non-hydrogen) atoms. The standard InChI is InChI=1S/C8H10ClFN2O2S/c9-4-1-5-15(13,14)12-8-3-2-7(10)6-11-8/h2-3,6H,1,4-5H2,(H,11,12). The summed E-state index contributed by atoms with van der Waals surface area (Å²) in [5.74, 6) is -0.211. The van der Waals surface area contributed by atoms with Crippen molar-refractivity contribution in [2.24, 2.45) is 0 Å². The molecule has 0 fully saturated rings. The number of aromatic nitrogens is 1. The third kappa shape index (κ3) is 4.44. The summed E-state index contributed by atoms with van der Waals surface area (Å²) in [5.41, 5.74) is 0. The van der Waals surface area contributed by atoms with E-state index in [9.17, 15) is 12.8 Å². The average molecular weight is 253 g/mol. The van der Waals surface area contributed by atoms with E-state index in [1.807, 2.05) is 0 Å². The number of hydrogen-bond donors (Lipinski definition) is 1. The van der Waals surface area contributed by atoms with Gasteiger partial charge in [-0.2, -0.15) is 0 Å². The molecule has 0 aliphatic carbocycles. The van der Waals surface area contributed by atoms with Crippen LogP contribution in [0.15, 0.2) is 18.3 Å². The molecule has 1 aromatic heterocycles. The Bertz CT molecular complexity index is 407. The first kappa shape index (κ1) is 12.2. The Balaban J connectivity index is 2.65. The summed E-state index contributed by atoms with van der Waals surface area (Å²) in [5, 5.41) is 0. The van der Waals surface area contributed by atoms with Gasteiger partial charge in [0.25, 0.3) is 0 Å². The zero-order valence-corrected chi connectivity index (χ0v) is 9.35. The first-order chi connectivity index (χ1) is 7.03. The minimum atomic E-state index is -3.43. The molecule has 0 aliphatic rings. The van der Waals surface area contributed by atoms with Gasteiger partial charge in [0.2, 0.25) is 10.0 Å². The molecule has 0 atom stereocenters. The third-order valence-electron chi connectivity index (χ3n) is 1.53. The second-order valence-electron chi connectivity index (χ2n) is 2.83. The molecule has 1 rings (SSSR count). The summed E-state index contributed by atoms with van der Waals surface area (Å²) >= 11 is 5.37. The normalized spacial score (nSPS) is 11.3. The molecule has 0 radical (unpaired) electrons. The number of nitrogens with one attached hydrogen (secondary N) is 1. The summed E-state index contributed by atoms with van der Waals surface area (Å²) < 4.78 is 37.4. The number of nitrogens with zero attached hydrogens (tertiary/aromatic N) is 1. The smallest absolute Gasteiger partial charge is 0.233 e. The minimum absolute atomic E-state index is 0.0739. The van der Waals surface area contributed by atoms with Crippen molar-refractivity contribution < 1.29 is 12.8 Å². The highest BCUT2D eigenvalue weighted by atomic mass is 35.5. The van der Waals surface area contributed by atoms with E-state index in [-0.39, 0.29) is 17.5 Å². The molecular formula is C8H10ClFN2O2S. The first-order valence-corrected chi connectivity index (χ1v) is 6.40. The fourth-order valence-corrected chi connectivity index (χ4v) is 2.25. The van der Waals surface area contributed by atoms with Gasteiger partial charge in [-0.3, -0.25) is 4.72 Å². The summed E-state index contributed by atoms with van der Waals surface area (Å²) in [7, 11) is -3.43. The lowest BCUT2D eigenvalue weighted by Gasteiger charge is -2.05. The fourth-order valence-electron chi connectivity index (χ4n) is 0.891. The number of pyridine rings is 1. The highest BCUT2D eigenvalue weighted by Gasteiger charge is 2.10. The maximum absolute atomic E-state index is 12.5. The monoisotopic (exact) mass is 252 g/mol. The molecule has 0 saturated heterocycles. The molecule has 84 valence electrons. The molecule has 0 aromatic carbocycles. The first-order valence-electron chi connectivity index (χ1n) is 4.21. The molecule has 1 N–H and O–H groups in total. The highest BCUT2D eigenvalue weighted by molar-refractivity contribution is 7.92. The average Bonchev–Trinajstić information content (AvgIpc) is 2.18. The van der Waals surface area contributed by atoms with Crippen LogP contribution in [0.1, 0.15) is 6.42 Å². The molecule has 1 aromatic rings. The third-order valence-corrected chi connectivity index (χ3v) is 3.15. The Morgan fingerprint density at radius 3 is 2.73 bits per heavy atom. The molecule has 0 aliphatic heterocycles. The largest absolute Gasteiger partial charge is 0.267 e. The van der Waals surface area contributed by atoms with E-state index in [1.165, 1.54) is 6.07 Å². The molecule has 4 nitrogen and oxygen atoms in total. The van der Waals surface area contributed by atoms with Gasteiger partial charge in [-0.15, -0.1) is 11.6 Å². The molecule has 1 heterocycles. The second kappa shape index (κ2) is 5.27. The summed E-state index contributed by atoms with van der Waals surface area (Å²) in [6.07, 6.45) is 1.30. The summed E-state index contributed by atoms with van der Waals surface area (Å²) in [6, 6.07) is 2.39. The Labute approximate surface area is 92.5 Å². The number of anilines is 1. The van der Waals surface area contributed by atoms with Gasteiger partial charge >= 0.3 is 0 Å². The van der Waals surface area contributed by atoms with Crippen LogP contribution in [0.2, 0.25) is 0 Å². The van der Waals surface area contributed by atoms with Crippen molar-refractivity contribution >= 4 is 27.4 Å². The van der Waals surface area contributed by atoms with Crippen LogP contribution in [-0.4, -0.2) is 25.0 Å². The van der Waals surface area contributed by atoms with Crippen LogP contribution >= 0.6 is 11.6 Å². The van der Waals surface area contributed by atoms with Gasteiger partial charge in [0.1, 0.15) is 11.6 Å². The number of halogens is 2. The zero-order chi connectivity index (χ0) is 11.3. The Morgan fingerprint density at radius 2 is 2.20 bits per heavy atom. The van der Waals surface area contributed by atoms with Gasteiger partial charge in [-0.25, -0.2) is 17.8 Å². The number of alkyl halides is 1. The Morgan fingerprint density at radius 1 is 1.47 bits per heavy atom. The predicted molar refractivity (Wildman–Crippen MR) is 56.9 cm³/mol. The van der Waals surface area contributed by atoms with Gasteiger partial charge in [0.15, 0.2) is 0 Å². The van der Waals surface area contributed by atoms with Crippen molar-refractivity contribution in [1.82, 2.24) is 4.98 Å². The molecule has 0 spiro atoms. The lowest BCUT2D eigenvalue weighted by atomic mass is 10.5. The molecule has 0 unspecified atom stereocenters. The van der Waals surface area contributed by atoms with E-state index >= 15 is 0 Å². The second-order valence-corrected chi connectivity index (χ2v) is 5.04. The maximum Gasteiger partial charge on any atom is 0.233 e. The van der Waals surface area contributed by atoms with Crippen molar-refractivity contribution in [3.63, 3.8) is 0 Å². The molecule has 0 amide bonds. The molecule has 0 bridgehead atoms. The lowest BCUT2D eigenvalue weighted by Crippen LogP contribution is -2.17. The van der Waals surface area contributed by atoms with Gasteiger partial charge < -0.3 is 0 Å².